The van der Waals surface area contributed by atoms with Crippen LogP contribution < -0.4 is 0 Å². The molecule has 1 atom stereocenters. The van der Waals surface area contributed by atoms with E-state index in [9.17, 15) is 4.79 Å². The molecule has 1 heterocycles. The van der Waals surface area contributed by atoms with Gasteiger partial charge in [0.2, 0.25) is 0 Å². The van der Waals surface area contributed by atoms with Crippen molar-refractivity contribution in [1.29, 1.82) is 0 Å². The largest absolute Gasteiger partial charge is 0.463 e. The molecule has 1 aliphatic heterocycles. The number of carbonyl (C=O) groups is 1. The maximum Gasteiger partial charge on any atom is 0.306 e. The van der Waals surface area contributed by atoms with Crippen molar-refractivity contribution in [2.24, 2.45) is 0 Å². The molecule has 0 aromatic rings. The molecule has 1 saturated heterocycles. The Kier molecular flexibility index (Phi) is 15.6. The first-order chi connectivity index (χ1) is 13.8. The fourth-order valence-electron chi connectivity index (χ4n) is 2.26. The Morgan fingerprint density at radius 1 is 0.786 bits per heavy atom. The second-order valence-electron chi connectivity index (χ2n) is 6.59. The second kappa shape index (κ2) is 18.2. The van der Waals surface area contributed by atoms with Gasteiger partial charge in [-0.05, 0) is 44.9 Å². The van der Waals surface area contributed by atoms with Gasteiger partial charge in [0.05, 0.1) is 6.61 Å². The maximum absolute atomic E-state index is 11.4. The van der Waals surface area contributed by atoms with E-state index in [1.807, 2.05) is 6.08 Å². The van der Waals surface area contributed by atoms with Crippen LogP contribution in [0.1, 0.15) is 58.3 Å². The number of hydrogen-bond acceptors (Lipinski definition) is 3. The van der Waals surface area contributed by atoms with Crippen molar-refractivity contribution in [3.05, 3.63) is 72.9 Å². The molecule has 0 spiro atoms. The quantitative estimate of drug-likeness (QED) is 0.175. The molecule has 0 aliphatic carbocycles. The average Bonchev–Trinajstić information content (AvgIpc) is 3.52. The highest BCUT2D eigenvalue weighted by Gasteiger charge is 2.23. The summed E-state index contributed by atoms with van der Waals surface area (Å²) in [7, 11) is 0. The van der Waals surface area contributed by atoms with Gasteiger partial charge in [0.1, 0.15) is 12.7 Å². The maximum atomic E-state index is 11.4. The Hall–Kier alpha value is -2.13. The van der Waals surface area contributed by atoms with Crippen molar-refractivity contribution in [2.75, 3.05) is 13.2 Å². The molecular weight excluding hydrogens is 348 g/mol. The first-order valence-electron chi connectivity index (χ1n) is 10.5. The zero-order valence-electron chi connectivity index (χ0n) is 17.3. The minimum absolute atomic E-state index is 0.143. The van der Waals surface area contributed by atoms with Crippen LogP contribution in [-0.2, 0) is 14.3 Å². The van der Waals surface area contributed by atoms with Gasteiger partial charge in [0, 0.05) is 6.42 Å². The molecule has 1 aliphatic rings. The Morgan fingerprint density at radius 2 is 1.21 bits per heavy atom. The fraction of sp³-hybridized carbons (Fsp3) is 0.480. The van der Waals surface area contributed by atoms with Crippen LogP contribution in [-0.4, -0.2) is 25.3 Å². The molecule has 0 bridgehead atoms. The predicted molar refractivity (Wildman–Crippen MR) is 118 cm³/mol. The van der Waals surface area contributed by atoms with Crippen molar-refractivity contribution < 1.29 is 14.3 Å². The number of hydrogen-bond donors (Lipinski definition) is 0. The summed E-state index contributed by atoms with van der Waals surface area (Å²) in [5, 5.41) is 0. The number of ether oxygens (including phenoxy) is 2. The van der Waals surface area contributed by atoms with E-state index in [0.29, 0.717) is 13.0 Å². The Bertz CT molecular complexity index is 560. The third-order valence-electron chi connectivity index (χ3n) is 3.94. The van der Waals surface area contributed by atoms with Gasteiger partial charge in [0.15, 0.2) is 0 Å². The van der Waals surface area contributed by atoms with E-state index in [0.717, 1.165) is 51.6 Å². The Morgan fingerprint density at radius 3 is 1.64 bits per heavy atom. The molecule has 3 nitrogen and oxygen atoms in total. The van der Waals surface area contributed by atoms with E-state index in [2.05, 4.69) is 73.8 Å². The number of carbonyl (C=O) groups excluding carboxylic acids is 1. The molecule has 0 amide bonds. The summed E-state index contributed by atoms with van der Waals surface area (Å²) in [5.74, 6) is -0.143. The van der Waals surface area contributed by atoms with Gasteiger partial charge in [-0.25, -0.2) is 0 Å². The molecule has 0 radical (unpaired) electrons. The van der Waals surface area contributed by atoms with Gasteiger partial charge < -0.3 is 9.47 Å². The smallest absolute Gasteiger partial charge is 0.306 e. The van der Waals surface area contributed by atoms with E-state index in [-0.39, 0.29) is 12.1 Å². The first-order valence-corrected chi connectivity index (χ1v) is 10.5. The molecular formula is C25H36O3. The van der Waals surface area contributed by atoms with Gasteiger partial charge in [-0.15, -0.1) is 0 Å². The van der Waals surface area contributed by atoms with E-state index in [4.69, 9.17) is 9.47 Å². The van der Waals surface area contributed by atoms with Gasteiger partial charge >= 0.3 is 5.97 Å². The molecule has 0 aromatic heterocycles. The average molecular weight is 385 g/mol. The molecule has 0 unspecified atom stereocenters. The van der Waals surface area contributed by atoms with Crippen molar-refractivity contribution in [2.45, 2.75) is 64.4 Å². The van der Waals surface area contributed by atoms with E-state index in [1.54, 1.807) is 0 Å². The summed E-state index contributed by atoms with van der Waals surface area (Å²) in [4.78, 5) is 11.4. The standard InChI is InChI=1S/C25H36O3/c1-2-3-4-5-6-7-8-9-10-11-12-13-14-15-16-17-18-19-20-21-25(26)28-23-24-22-27-24/h3-4,6-7,9-10,12-13,15-16,18-19,24H,2,5,8,11,14,17,20-23H2,1H3/b4-3-,7-6-,10-9-,13-12-,16-15-,19-18-/t24-/m1/s1. The van der Waals surface area contributed by atoms with Crippen molar-refractivity contribution in [3.63, 3.8) is 0 Å². The van der Waals surface area contributed by atoms with Gasteiger partial charge in [0.25, 0.3) is 0 Å². The van der Waals surface area contributed by atoms with Crippen molar-refractivity contribution in [1.82, 2.24) is 0 Å². The number of esters is 1. The Balaban J connectivity index is 1.90. The second-order valence-corrected chi connectivity index (χ2v) is 6.59. The highest BCUT2D eigenvalue weighted by molar-refractivity contribution is 5.69. The summed E-state index contributed by atoms with van der Waals surface area (Å²) in [6.07, 6.45) is 33.4. The number of allylic oxidation sites excluding steroid dienone is 12. The van der Waals surface area contributed by atoms with Gasteiger partial charge in [-0.3, -0.25) is 4.79 Å². The minimum atomic E-state index is -0.143. The van der Waals surface area contributed by atoms with Crippen LogP contribution in [0, 0.1) is 0 Å². The van der Waals surface area contributed by atoms with Crippen LogP contribution in [0.4, 0.5) is 0 Å². The van der Waals surface area contributed by atoms with Gasteiger partial charge in [-0.1, -0.05) is 79.8 Å². The molecule has 28 heavy (non-hydrogen) atoms. The van der Waals surface area contributed by atoms with Gasteiger partial charge in [-0.2, -0.15) is 0 Å². The number of epoxide rings is 1. The SMILES string of the molecule is CC/C=C\C/C=C\C/C=C\C/C=C\C/C=C\C/C=C\CCC(=O)OC[C@H]1CO1. The van der Waals surface area contributed by atoms with Crippen LogP contribution in [0.15, 0.2) is 72.9 Å². The highest BCUT2D eigenvalue weighted by Crippen LogP contribution is 2.09. The summed E-state index contributed by atoms with van der Waals surface area (Å²) >= 11 is 0. The predicted octanol–water partition coefficient (Wildman–Crippen LogP) is 6.41. The lowest BCUT2D eigenvalue weighted by Gasteiger charge is -1.99. The highest BCUT2D eigenvalue weighted by atomic mass is 16.6. The zero-order valence-corrected chi connectivity index (χ0v) is 17.3. The van der Waals surface area contributed by atoms with Crippen LogP contribution in [0.2, 0.25) is 0 Å². The molecule has 1 fully saturated rings. The van der Waals surface area contributed by atoms with Crippen LogP contribution in [0.25, 0.3) is 0 Å². The zero-order chi connectivity index (χ0) is 20.1. The molecule has 3 heteroatoms. The van der Waals surface area contributed by atoms with E-state index in [1.165, 1.54) is 0 Å². The lowest BCUT2D eigenvalue weighted by atomic mass is 10.2. The van der Waals surface area contributed by atoms with Crippen LogP contribution >= 0.6 is 0 Å². The summed E-state index contributed by atoms with van der Waals surface area (Å²) in [5.41, 5.74) is 0. The normalized spacial score (nSPS) is 17.4. The summed E-state index contributed by atoms with van der Waals surface area (Å²) < 4.78 is 10.1. The summed E-state index contributed by atoms with van der Waals surface area (Å²) in [6.45, 7) is 3.28. The van der Waals surface area contributed by atoms with E-state index >= 15 is 0 Å². The van der Waals surface area contributed by atoms with Crippen LogP contribution in [0.5, 0.6) is 0 Å². The summed E-state index contributed by atoms with van der Waals surface area (Å²) in [6, 6.07) is 0. The Labute approximate surface area is 171 Å². The van der Waals surface area contributed by atoms with Crippen molar-refractivity contribution >= 4 is 5.97 Å². The third-order valence-corrected chi connectivity index (χ3v) is 3.94. The molecule has 0 saturated carbocycles. The number of rotatable bonds is 16. The lowest BCUT2D eigenvalue weighted by Crippen LogP contribution is -2.08. The topological polar surface area (TPSA) is 38.8 Å². The monoisotopic (exact) mass is 384 g/mol. The molecule has 0 N–H and O–H groups in total. The third kappa shape index (κ3) is 17.3. The molecule has 1 rings (SSSR count). The van der Waals surface area contributed by atoms with Crippen LogP contribution in [0.3, 0.4) is 0 Å². The first kappa shape index (κ1) is 23.9. The molecule has 154 valence electrons. The van der Waals surface area contributed by atoms with E-state index < -0.39 is 0 Å². The van der Waals surface area contributed by atoms with Crippen molar-refractivity contribution in [3.8, 4) is 0 Å². The lowest BCUT2D eigenvalue weighted by molar-refractivity contribution is -0.144. The minimum Gasteiger partial charge on any atom is -0.463 e. The fourth-order valence-corrected chi connectivity index (χ4v) is 2.26. The molecule has 0 aromatic carbocycles.